The third-order valence-corrected chi connectivity index (χ3v) is 6.32. The van der Waals surface area contributed by atoms with Gasteiger partial charge >= 0.3 is 12.0 Å². The van der Waals surface area contributed by atoms with Gasteiger partial charge in [0.2, 0.25) is 18.2 Å². The average molecular weight is 572 g/mol. The number of carbonyl (C=O) groups excluding carboxylic acids is 4. The van der Waals surface area contributed by atoms with Crippen molar-refractivity contribution in [3.05, 3.63) is 70.7 Å². The maximum atomic E-state index is 15.6. The summed E-state index contributed by atoms with van der Waals surface area (Å²) in [5.74, 6) is -5.85. The molecular weight excluding hydrogens is 546 g/mol. The van der Waals surface area contributed by atoms with Crippen LogP contribution in [0.3, 0.4) is 0 Å². The summed E-state index contributed by atoms with van der Waals surface area (Å²) in [7, 11) is 0. The molecule has 0 radical (unpaired) electrons. The Morgan fingerprint density at radius 2 is 1.85 bits per heavy atom. The van der Waals surface area contributed by atoms with Crippen molar-refractivity contribution in [3.63, 3.8) is 0 Å². The Labute approximate surface area is 226 Å². The van der Waals surface area contributed by atoms with E-state index in [0.717, 1.165) is 12.1 Å². The van der Waals surface area contributed by atoms with E-state index < -0.39 is 60.4 Å². The van der Waals surface area contributed by atoms with Gasteiger partial charge in [0.25, 0.3) is 0 Å². The molecule has 1 aliphatic rings. The van der Waals surface area contributed by atoms with Crippen LogP contribution in [0.2, 0.25) is 5.02 Å². The molecule has 8 nitrogen and oxygen atoms in total. The van der Waals surface area contributed by atoms with Gasteiger partial charge in [-0.1, -0.05) is 54.1 Å². The molecule has 3 rings (SSSR count). The van der Waals surface area contributed by atoms with E-state index in [1.807, 2.05) is 5.32 Å². The van der Waals surface area contributed by atoms with Gasteiger partial charge in [-0.2, -0.15) is 8.78 Å². The normalized spacial score (nSPS) is 17.6. The summed E-state index contributed by atoms with van der Waals surface area (Å²) in [5.41, 5.74) is -0.674. The Morgan fingerprint density at radius 3 is 2.44 bits per heavy atom. The molecule has 3 amide bonds. The van der Waals surface area contributed by atoms with Crippen LogP contribution in [0, 0.1) is 5.92 Å². The Bertz CT molecular complexity index is 1170. The predicted octanol–water partition coefficient (Wildman–Crippen LogP) is 4.13. The lowest BCUT2D eigenvalue weighted by molar-refractivity contribution is -0.129. The van der Waals surface area contributed by atoms with Crippen LogP contribution in [0.25, 0.3) is 0 Å². The summed E-state index contributed by atoms with van der Waals surface area (Å²) < 4.78 is 62.6. The van der Waals surface area contributed by atoms with E-state index in [2.05, 4.69) is 10.6 Å². The van der Waals surface area contributed by atoms with Gasteiger partial charge in [-0.05, 0) is 30.5 Å². The van der Waals surface area contributed by atoms with Crippen LogP contribution >= 0.6 is 11.6 Å². The van der Waals surface area contributed by atoms with Gasteiger partial charge in [0.1, 0.15) is 12.3 Å². The first-order valence-electron chi connectivity index (χ1n) is 12.0. The Balaban J connectivity index is 1.77. The Kier molecular flexibility index (Phi) is 10.3. The largest absolute Gasteiger partial charge is 0.434 e. The van der Waals surface area contributed by atoms with Crippen molar-refractivity contribution in [2.24, 2.45) is 5.92 Å². The first-order chi connectivity index (χ1) is 18.5. The molecule has 1 unspecified atom stereocenters. The van der Waals surface area contributed by atoms with Gasteiger partial charge in [0.15, 0.2) is 6.10 Å². The second-order valence-electron chi connectivity index (χ2n) is 8.92. The topological polar surface area (TPSA) is 114 Å². The summed E-state index contributed by atoms with van der Waals surface area (Å²) in [5, 5.41) is 6.71. The number of alkyl carbamates (subject to hydrolysis) is 1. The number of amides is 3. The van der Waals surface area contributed by atoms with E-state index in [9.17, 15) is 28.0 Å². The predicted molar refractivity (Wildman–Crippen MR) is 132 cm³/mol. The highest BCUT2D eigenvalue weighted by atomic mass is 35.5. The van der Waals surface area contributed by atoms with Crippen molar-refractivity contribution in [2.45, 2.75) is 49.8 Å². The number of nitrogens with one attached hydrogen (secondary N) is 3. The van der Waals surface area contributed by atoms with Crippen LogP contribution in [0.5, 0.6) is 0 Å². The summed E-state index contributed by atoms with van der Waals surface area (Å²) in [6.45, 7) is 0.396. The quantitative estimate of drug-likeness (QED) is 0.262. The fourth-order valence-corrected chi connectivity index (χ4v) is 4.32. The summed E-state index contributed by atoms with van der Waals surface area (Å²) in [6, 6.07) is 8.63. The van der Waals surface area contributed by atoms with Crippen molar-refractivity contribution in [1.82, 2.24) is 16.0 Å². The summed E-state index contributed by atoms with van der Waals surface area (Å²) in [4.78, 5) is 48.7. The molecule has 3 N–H and O–H groups in total. The average Bonchev–Trinajstić information content (AvgIpc) is 3.30. The molecule has 4 atom stereocenters. The van der Waals surface area contributed by atoms with Crippen molar-refractivity contribution in [3.8, 4) is 0 Å². The minimum absolute atomic E-state index is 0.0110. The molecular formula is C26H26ClF4N3O5. The van der Waals surface area contributed by atoms with Gasteiger partial charge in [0, 0.05) is 29.5 Å². The highest BCUT2D eigenvalue weighted by Crippen LogP contribution is 2.43. The molecule has 39 heavy (non-hydrogen) atoms. The first kappa shape index (κ1) is 29.9. The number of rotatable bonds is 12. The van der Waals surface area contributed by atoms with Crippen LogP contribution in [0.4, 0.5) is 22.4 Å². The van der Waals surface area contributed by atoms with Crippen LogP contribution in [0.1, 0.15) is 36.5 Å². The Morgan fingerprint density at radius 1 is 1.13 bits per heavy atom. The maximum Gasteiger partial charge on any atom is 0.408 e. The van der Waals surface area contributed by atoms with Gasteiger partial charge < -0.3 is 25.5 Å². The van der Waals surface area contributed by atoms with Gasteiger partial charge in [0.05, 0.1) is 6.04 Å². The third kappa shape index (κ3) is 8.16. The number of benzene rings is 2. The van der Waals surface area contributed by atoms with Crippen LogP contribution < -0.4 is 16.0 Å². The van der Waals surface area contributed by atoms with Gasteiger partial charge in [-0.15, -0.1) is 0 Å². The van der Waals surface area contributed by atoms with Crippen LogP contribution in [0.15, 0.2) is 54.6 Å². The molecule has 13 heteroatoms. The number of alkyl halides is 4. The number of halogens is 5. The standard InChI is InChI=1S/C26H26ClF4N3O5/c27-18-8-4-7-17(12-18)26(30,31)22(15-5-2-1-3-6-15)39-25(38)34-20(13-21(28)29)24(37)33-19(14-35)11-16-9-10-32-23(16)36/h1-8,12,14,16,19-22H,9-11,13H2,(H,32,36)(H,33,37)(H,34,38)/t16-,19-,20-,22?/m0/s1. The van der Waals surface area contributed by atoms with Crippen molar-refractivity contribution in [2.75, 3.05) is 6.54 Å². The monoisotopic (exact) mass is 571 g/mol. The Hall–Kier alpha value is -3.67. The van der Waals surface area contributed by atoms with E-state index >= 15 is 8.78 Å². The third-order valence-electron chi connectivity index (χ3n) is 6.08. The molecule has 210 valence electrons. The number of hydrogen-bond acceptors (Lipinski definition) is 5. The van der Waals surface area contributed by atoms with Crippen molar-refractivity contribution < 1.29 is 41.5 Å². The molecule has 0 bridgehead atoms. The van der Waals surface area contributed by atoms with E-state index in [0.29, 0.717) is 19.3 Å². The smallest absolute Gasteiger partial charge is 0.408 e. The number of hydrogen-bond donors (Lipinski definition) is 3. The number of aldehydes is 1. The van der Waals surface area contributed by atoms with E-state index in [1.54, 1.807) is 6.07 Å². The summed E-state index contributed by atoms with van der Waals surface area (Å²) in [6.07, 6.45) is -7.34. The molecule has 2 aromatic rings. The maximum absolute atomic E-state index is 15.6. The molecule has 2 aromatic carbocycles. The van der Waals surface area contributed by atoms with E-state index in [4.69, 9.17) is 16.3 Å². The second kappa shape index (κ2) is 13.4. The zero-order valence-electron chi connectivity index (χ0n) is 20.4. The fraction of sp³-hybridized carbons (Fsp3) is 0.385. The van der Waals surface area contributed by atoms with Crippen molar-refractivity contribution in [1.29, 1.82) is 0 Å². The van der Waals surface area contributed by atoms with Crippen LogP contribution in [-0.2, 0) is 25.0 Å². The molecule has 0 aromatic heterocycles. The molecule has 0 spiro atoms. The minimum Gasteiger partial charge on any atom is -0.434 e. The zero-order valence-corrected chi connectivity index (χ0v) is 21.2. The van der Waals surface area contributed by atoms with Gasteiger partial charge in [-0.3, -0.25) is 9.59 Å². The fourth-order valence-electron chi connectivity index (χ4n) is 4.13. The van der Waals surface area contributed by atoms with E-state index in [-0.39, 0.29) is 22.9 Å². The number of ether oxygens (including phenoxy) is 1. The highest BCUT2D eigenvalue weighted by Gasteiger charge is 2.46. The lowest BCUT2D eigenvalue weighted by Gasteiger charge is -2.28. The molecule has 1 aliphatic heterocycles. The molecule has 1 saturated heterocycles. The molecule has 1 heterocycles. The molecule has 0 saturated carbocycles. The summed E-state index contributed by atoms with van der Waals surface area (Å²) >= 11 is 5.86. The van der Waals surface area contributed by atoms with Crippen LogP contribution in [-0.4, -0.2) is 49.2 Å². The minimum atomic E-state index is -3.81. The zero-order chi connectivity index (χ0) is 28.6. The SMILES string of the molecule is O=C[C@H](C[C@@H]1CCNC1=O)NC(=O)[C@H](CC(F)F)NC(=O)OC(c1ccccc1)C(F)(F)c1cccc(Cl)c1. The van der Waals surface area contributed by atoms with Gasteiger partial charge in [-0.25, -0.2) is 13.6 Å². The first-order valence-corrected chi connectivity index (χ1v) is 12.4. The van der Waals surface area contributed by atoms with Crippen molar-refractivity contribution >= 4 is 35.8 Å². The molecule has 0 aliphatic carbocycles. The lowest BCUT2D eigenvalue weighted by Crippen LogP contribution is -2.51. The number of carbonyl (C=O) groups is 4. The second-order valence-corrected chi connectivity index (χ2v) is 9.35. The highest BCUT2D eigenvalue weighted by molar-refractivity contribution is 6.30. The lowest BCUT2D eigenvalue weighted by atomic mass is 9.97. The van der Waals surface area contributed by atoms with E-state index in [1.165, 1.54) is 36.4 Å². The molecule has 1 fully saturated rings.